The average Bonchev–Trinajstić information content (AvgIpc) is 2.90. The molecule has 1 heterocycles. The van der Waals surface area contributed by atoms with E-state index in [9.17, 15) is 12.8 Å². The summed E-state index contributed by atoms with van der Waals surface area (Å²) < 4.78 is 44.7. The third kappa shape index (κ3) is 2.73. The number of rotatable bonds is 5. The van der Waals surface area contributed by atoms with Gasteiger partial charge < -0.3 is 10.5 Å². The van der Waals surface area contributed by atoms with Crippen molar-refractivity contribution in [3.05, 3.63) is 35.8 Å². The molecule has 0 saturated carbocycles. The van der Waals surface area contributed by atoms with E-state index in [-0.39, 0.29) is 23.0 Å². The van der Waals surface area contributed by atoms with Crippen LogP contribution >= 0.6 is 0 Å². The smallest absolute Gasteiger partial charge is 0.279 e. The van der Waals surface area contributed by atoms with E-state index in [1.165, 1.54) is 25.4 Å². The molecule has 2 rings (SSSR count). The first kappa shape index (κ1) is 14.3. The van der Waals surface area contributed by atoms with Gasteiger partial charge in [0, 0.05) is 18.2 Å². The van der Waals surface area contributed by atoms with Crippen molar-refractivity contribution >= 4 is 15.7 Å². The Kier molecular flexibility index (Phi) is 3.91. The Morgan fingerprint density at radius 2 is 2.25 bits per heavy atom. The lowest BCUT2D eigenvalue weighted by molar-refractivity contribution is 0.387. The van der Waals surface area contributed by atoms with Crippen LogP contribution in [0, 0.1) is 5.82 Å². The van der Waals surface area contributed by atoms with Crippen LogP contribution in [0.2, 0.25) is 0 Å². The highest BCUT2D eigenvalue weighted by atomic mass is 32.2. The van der Waals surface area contributed by atoms with Crippen molar-refractivity contribution in [2.24, 2.45) is 5.73 Å². The molecule has 0 saturated heterocycles. The monoisotopic (exact) mass is 300 g/mol. The van der Waals surface area contributed by atoms with Gasteiger partial charge in [0.1, 0.15) is 0 Å². The summed E-state index contributed by atoms with van der Waals surface area (Å²) in [6, 6.07) is 3.63. The summed E-state index contributed by atoms with van der Waals surface area (Å²) in [5.41, 5.74) is 5.95. The lowest BCUT2D eigenvalue weighted by atomic mass is 10.3. The van der Waals surface area contributed by atoms with Crippen molar-refractivity contribution < 1.29 is 17.5 Å². The molecule has 20 heavy (non-hydrogen) atoms. The van der Waals surface area contributed by atoms with E-state index in [2.05, 4.69) is 14.9 Å². The predicted octanol–water partition coefficient (Wildman–Crippen LogP) is 0.817. The number of hydrogen-bond donors (Lipinski definition) is 3. The molecule has 4 N–H and O–H groups in total. The highest BCUT2D eigenvalue weighted by molar-refractivity contribution is 7.92. The van der Waals surface area contributed by atoms with Crippen molar-refractivity contribution in [1.29, 1.82) is 0 Å². The first-order valence-corrected chi connectivity index (χ1v) is 7.05. The van der Waals surface area contributed by atoms with Gasteiger partial charge >= 0.3 is 0 Å². The topological polar surface area (TPSA) is 110 Å². The Balaban J connectivity index is 2.33. The minimum atomic E-state index is -3.88. The minimum Gasteiger partial charge on any atom is -0.494 e. The summed E-state index contributed by atoms with van der Waals surface area (Å²) in [5.74, 6) is -0.645. The number of nitrogens with zero attached hydrogens (tertiary/aromatic N) is 1. The van der Waals surface area contributed by atoms with E-state index in [1.54, 1.807) is 0 Å². The fourth-order valence-corrected chi connectivity index (χ4v) is 2.80. The van der Waals surface area contributed by atoms with E-state index >= 15 is 0 Å². The van der Waals surface area contributed by atoms with Crippen LogP contribution in [0.3, 0.4) is 0 Å². The molecule has 108 valence electrons. The van der Waals surface area contributed by atoms with Crippen LogP contribution < -0.4 is 15.2 Å². The molecule has 0 spiro atoms. The van der Waals surface area contributed by atoms with E-state index in [4.69, 9.17) is 10.5 Å². The Bertz CT molecular complexity index is 714. The number of aromatic nitrogens is 2. The molecule has 0 fully saturated rings. The molecule has 2 aromatic rings. The summed E-state index contributed by atoms with van der Waals surface area (Å²) in [4.78, 5) is 0. The molecule has 0 aliphatic carbocycles. The second-order valence-electron chi connectivity index (χ2n) is 3.88. The Hall–Kier alpha value is -2.13. The molecular weight excluding hydrogens is 287 g/mol. The van der Waals surface area contributed by atoms with E-state index in [0.29, 0.717) is 5.56 Å². The van der Waals surface area contributed by atoms with Gasteiger partial charge in [0.2, 0.25) is 0 Å². The number of sulfonamides is 1. The normalized spacial score (nSPS) is 11.3. The maximum absolute atomic E-state index is 13.3. The zero-order valence-electron chi connectivity index (χ0n) is 10.6. The number of nitrogens with one attached hydrogen (secondary N) is 2. The number of aromatic amines is 1. The number of benzene rings is 1. The minimum absolute atomic E-state index is 0.0273. The molecular formula is C11H13FN4O3S. The summed E-state index contributed by atoms with van der Waals surface area (Å²) >= 11 is 0. The van der Waals surface area contributed by atoms with Crippen LogP contribution in [0.5, 0.6) is 5.75 Å². The molecule has 0 aliphatic rings. The third-order valence-electron chi connectivity index (χ3n) is 2.57. The van der Waals surface area contributed by atoms with Gasteiger partial charge in [-0.2, -0.15) is 13.5 Å². The van der Waals surface area contributed by atoms with Crippen molar-refractivity contribution in [2.45, 2.75) is 11.6 Å². The summed E-state index contributed by atoms with van der Waals surface area (Å²) in [6.45, 7) is 0.0273. The number of methoxy groups -OCH3 is 1. The lowest BCUT2D eigenvalue weighted by Gasteiger charge is -2.09. The second-order valence-corrected chi connectivity index (χ2v) is 5.50. The van der Waals surface area contributed by atoms with Gasteiger partial charge in [0.25, 0.3) is 10.0 Å². The standard InChI is InChI=1S/C11H13FN4O3S/c1-19-10-4-8(2-3-9(10)12)16-20(17,18)11-7(5-13)6-14-15-11/h2-4,6,16H,5,13H2,1H3,(H,14,15). The van der Waals surface area contributed by atoms with E-state index in [0.717, 1.165) is 6.07 Å². The zero-order valence-corrected chi connectivity index (χ0v) is 11.4. The molecule has 0 bridgehead atoms. The lowest BCUT2D eigenvalue weighted by Crippen LogP contribution is -2.16. The molecule has 0 radical (unpaired) electrons. The largest absolute Gasteiger partial charge is 0.494 e. The Labute approximate surface area is 115 Å². The fraction of sp³-hybridized carbons (Fsp3) is 0.182. The molecule has 0 aliphatic heterocycles. The molecule has 0 amide bonds. The molecule has 1 aromatic carbocycles. The van der Waals surface area contributed by atoms with Crippen LogP contribution in [-0.2, 0) is 16.6 Å². The van der Waals surface area contributed by atoms with Gasteiger partial charge in [-0.15, -0.1) is 0 Å². The maximum atomic E-state index is 13.3. The van der Waals surface area contributed by atoms with Gasteiger partial charge in [-0.05, 0) is 12.1 Å². The highest BCUT2D eigenvalue weighted by Gasteiger charge is 2.20. The SMILES string of the molecule is COc1cc(NS(=O)(=O)c2[nH]ncc2CN)ccc1F. The molecule has 0 atom stereocenters. The van der Waals surface area contributed by atoms with Crippen molar-refractivity contribution in [1.82, 2.24) is 10.2 Å². The average molecular weight is 300 g/mol. The highest BCUT2D eigenvalue weighted by Crippen LogP contribution is 2.24. The number of H-pyrrole nitrogens is 1. The summed E-state index contributed by atoms with van der Waals surface area (Å²) in [7, 11) is -2.59. The molecule has 7 nitrogen and oxygen atoms in total. The number of ether oxygens (including phenoxy) is 1. The van der Waals surface area contributed by atoms with Gasteiger partial charge in [-0.1, -0.05) is 0 Å². The number of nitrogens with two attached hydrogens (primary N) is 1. The Morgan fingerprint density at radius 1 is 1.50 bits per heavy atom. The van der Waals surface area contributed by atoms with Gasteiger partial charge in [0.05, 0.1) is 19.0 Å². The van der Waals surface area contributed by atoms with Crippen molar-refractivity contribution in [3.8, 4) is 5.75 Å². The zero-order chi connectivity index (χ0) is 14.8. The van der Waals surface area contributed by atoms with Crippen LogP contribution in [0.15, 0.2) is 29.4 Å². The van der Waals surface area contributed by atoms with Gasteiger partial charge in [-0.3, -0.25) is 9.82 Å². The summed E-state index contributed by atoms with van der Waals surface area (Å²) in [5, 5.41) is 5.89. The number of anilines is 1. The molecule has 1 aromatic heterocycles. The van der Waals surface area contributed by atoms with Gasteiger partial charge in [0.15, 0.2) is 16.6 Å². The summed E-state index contributed by atoms with van der Waals surface area (Å²) in [6.07, 6.45) is 1.33. The van der Waals surface area contributed by atoms with Crippen molar-refractivity contribution in [3.63, 3.8) is 0 Å². The second kappa shape index (κ2) is 5.47. The van der Waals surface area contributed by atoms with E-state index in [1.807, 2.05) is 0 Å². The maximum Gasteiger partial charge on any atom is 0.279 e. The number of hydrogen-bond acceptors (Lipinski definition) is 5. The predicted molar refractivity (Wildman–Crippen MR) is 70.2 cm³/mol. The van der Waals surface area contributed by atoms with Crippen LogP contribution in [0.1, 0.15) is 5.56 Å². The Morgan fingerprint density at radius 3 is 2.90 bits per heavy atom. The van der Waals surface area contributed by atoms with Crippen LogP contribution in [0.25, 0.3) is 0 Å². The fourth-order valence-electron chi connectivity index (χ4n) is 1.61. The quantitative estimate of drug-likeness (QED) is 0.757. The van der Waals surface area contributed by atoms with Crippen molar-refractivity contribution in [2.75, 3.05) is 11.8 Å². The number of halogens is 1. The first-order chi connectivity index (χ1) is 9.47. The molecule has 0 unspecified atom stereocenters. The third-order valence-corrected chi connectivity index (χ3v) is 3.97. The van der Waals surface area contributed by atoms with Crippen LogP contribution in [0.4, 0.5) is 10.1 Å². The van der Waals surface area contributed by atoms with Gasteiger partial charge in [-0.25, -0.2) is 4.39 Å². The van der Waals surface area contributed by atoms with E-state index < -0.39 is 15.8 Å². The molecule has 9 heteroatoms. The first-order valence-electron chi connectivity index (χ1n) is 5.56. The van der Waals surface area contributed by atoms with Crippen LogP contribution in [-0.4, -0.2) is 25.7 Å².